The number of nitrogens with one attached hydrogen (secondary N) is 1. The van der Waals surface area contributed by atoms with Crippen LogP contribution in [0.1, 0.15) is 84.1 Å². The summed E-state index contributed by atoms with van der Waals surface area (Å²) < 4.78 is 19.0. The largest absolute Gasteiger partial charge is 0.482 e. The molecule has 1 heterocycles. The van der Waals surface area contributed by atoms with E-state index in [2.05, 4.69) is 25.8 Å². The molecule has 1 aromatic heterocycles. The predicted molar refractivity (Wildman–Crippen MR) is 87.6 cm³/mol. The Kier molecular flexibility index (Phi) is 7.84. The molecule has 0 fully saturated rings. The molecule has 3 heteroatoms. The van der Waals surface area contributed by atoms with E-state index in [9.17, 15) is 4.39 Å². The van der Waals surface area contributed by atoms with Gasteiger partial charge in [0.1, 0.15) is 0 Å². The first-order valence-corrected chi connectivity index (χ1v) is 8.50. The number of H-pyrrole nitrogens is 1. The van der Waals surface area contributed by atoms with E-state index in [-0.39, 0.29) is 11.4 Å². The quantitative estimate of drug-likeness (QED) is 0.500. The number of hydrogen-bond donors (Lipinski definition) is 1. The highest BCUT2D eigenvalue weighted by atomic mass is 19.1. The Morgan fingerprint density at radius 3 is 2.19 bits per heavy atom. The molecule has 0 radical (unpaired) electrons. The molecule has 0 aromatic carbocycles. The van der Waals surface area contributed by atoms with Gasteiger partial charge in [-0.05, 0) is 18.3 Å². The third kappa shape index (κ3) is 5.37. The minimum absolute atomic E-state index is 0.00902. The Bertz CT molecular complexity index is 402. The minimum atomic E-state index is -0.294. The topological polar surface area (TPSA) is 25.0 Å². The van der Waals surface area contributed by atoms with Crippen LogP contribution < -0.4 is 4.74 Å². The van der Waals surface area contributed by atoms with Gasteiger partial charge in [0.25, 0.3) is 0 Å². The SMILES string of the molecule is CCCCCCC(C)(CCCCC)c1cc(F)[nH]c1OC. The first kappa shape index (κ1) is 18.1. The van der Waals surface area contributed by atoms with Gasteiger partial charge in [0.2, 0.25) is 0 Å². The van der Waals surface area contributed by atoms with E-state index in [1.807, 2.05) is 0 Å². The van der Waals surface area contributed by atoms with Crippen molar-refractivity contribution in [3.8, 4) is 5.88 Å². The van der Waals surface area contributed by atoms with Gasteiger partial charge in [-0.3, -0.25) is 0 Å². The smallest absolute Gasteiger partial charge is 0.196 e. The van der Waals surface area contributed by atoms with Gasteiger partial charge in [-0.15, -0.1) is 0 Å². The van der Waals surface area contributed by atoms with E-state index in [4.69, 9.17) is 4.74 Å². The number of ether oxygens (including phenoxy) is 1. The zero-order valence-electron chi connectivity index (χ0n) is 14.2. The second kappa shape index (κ2) is 9.11. The van der Waals surface area contributed by atoms with Crippen LogP contribution in [0.15, 0.2) is 6.07 Å². The van der Waals surface area contributed by atoms with Crippen molar-refractivity contribution < 1.29 is 9.13 Å². The van der Waals surface area contributed by atoms with E-state index in [0.717, 1.165) is 18.4 Å². The molecule has 0 spiro atoms. The van der Waals surface area contributed by atoms with E-state index in [0.29, 0.717) is 5.88 Å². The minimum Gasteiger partial charge on any atom is -0.482 e. The monoisotopic (exact) mass is 297 g/mol. The fourth-order valence-corrected chi connectivity index (χ4v) is 3.11. The zero-order chi connectivity index (χ0) is 15.7. The Balaban J connectivity index is 2.82. The summed E-state index contributed by atoms with van der Waals surface area (Å²) in [5.41, 5.74) is 1.02. The van der Waals surface area contributed by atoms with Gasteiger partial charge in [-0.2, -0.15) is 4.39 Å². The van der Waals surface area contributed by atoms with Crippen molar-refractivity contribution in [3.63, 3.8) is 0 Å². The lowest BCUT2D eigenvalue weighted by Crippen LogP contribution is -2.22. The second-order valence-corrected chi connectivity index (χ2v) is 6.39. The van der Waals surface area contributed by atoms with Crippen molar-refractivity contribution in [3.05, 3.63) is 17.6 Å². The lowest BCUT2D eigenvalue weighted by atomic mass is 9.75. The lowest BCUT2D eigenvalue weighted by molar-refractivity contribution is 0.335. The molecular formula is C18H32FNO. The maximum absolute atomic E-state index is 13.6. The Morgan fingerprint density at radius 2 is 1.62 bits per heavy atom. The van der Waals surface area contributed by atoms with Gasteiger partial charge in [0, 0.05) is 11.6 Å². The van der Waals surface area contributed by atoms with Crippen LogP contribution in [0.25, 0.3) is 0 Å². The molecule has 122 valence electrons. The van der Waals surface area contributed by atoms with Gasteiger partial charge in [0.05, 0.1) is 7.11 Å². The van der Waals surface area contributed by atoms with Gasteiger partial charge in [-0.25, -0.2) is 0 Å². The van der Waals surface area contributed by atoms with Gasteiger partial charge < -0.3 is 9.72 Å². The summed E-state index contributed by atoms with van der Waals surface area (Å²) in [5, 5.41) is 0. The Morgan fingerprint density at radius 1 is 1.05 bits per heavy atom. The van der Waals surface area contributed by atoms with E-state index < -0.39 is 0 Å². The lowest BCUT2D eigenvalue weighted by Gasteiger charge is -2.30. The van der Waals surface area contributed by atoms with Crippen molar-refractivity contribution >= 4 is 0 Å². The van der Waals surface area contributed by atoms with Crippen LogP contribution in [0.5, 0.6) is 5.88 Å². The van der Waals surface area contributed by atoms with Gasteiger partial charge in [0.15, 0.2) is 11.8 Å². The number of aromatic amines is 1. The van der Waals surface area contributed by atoms with Crippen LogP contribution in [0.3, 0.4) is 0 Å². The second-order valence-electron chi connectivity index (χ2n) is 6.39. The zero-order valence-corrected chi connectivity index (χ0v) is 14.2. The highest BCUT2D eigenvalue weighted by Crippen LogP contribution is 2.40. The molecule has 0 aliphatic carbocycles. The number of halogens is 1. The van der Waals surface area contributed by atoms with Gasteiger partial charge >= 0.3 is 0 Å². The average Bonchev–Trinajstić information content (AvgIpc) is 2.86. The van der Waals surface area contributed by atoms with Gasteiger partial charge in [-0.1, -0.05) is 65.7 Å². The highest BCUT2D eigenvalue weighted by molar-refractivity contribution is 5.35. The van der Waals surface area contributed by atoms with Crippen molar-refractivity contribution in [2.75, 3.05) is 7.11 Å². The maximum atomic E-state index is 13.6. The highest BCUT2D eigenvalue weighted by Gasteiger charge is 2.30. The molecule has 1 aromatic rings. The standard InChI is InChI=1S/C18H32FNO/c1-5-7-9-11-13-18(3,12-10-8-6-2)15-14-16(19)20-17(15)21-4/h14,20H,5-13H2,1-4H3. The van der Waals surface area contributed by atoms with Crippen molar-refractivity contribution in [2.45, 2.75) is 84.0 Å². The first-order chi connectivity index (χ1) is 10.1. The molecule has 1 N–H and O–H groups in total. The molecule has 0 aliphatic rings. The Hall–Kier alpha value is -0.990. The summed E-state index contributed by atoms with van der Waals surface area (Å²) in [4.78, 5) is 2.70. The number of rotatable bonds is 11. The third-order valence-corrected chi connectivity index (χ3v) is 4.52. The summed E-state index contributed by atoms with van der Waals surface area (Å²) in [7, 11) is 1.61. The predicted octanol–water partition coefficient (Wildman–Crippen LogP) is 5.97. The molecule has 0 amide bonds. The number of methoxy groups -OCH3 is 1. The average molecular weight is 297 g/mol. The molecule has 0 aliphatic heterocycles. The van der Waals surface area contributed by atoms with E-state index in [1.54, 1.807) is 13.2 Å². The normalized spacial score (nSPS) is 14.1. The number of hydrogen-bond acceptors (Lipinski definition) is 1. The molecule has 21 heavy (non-hydrogen) atoms. The summed E-state index contributed by atoms with van der Waals surface area (Å²) in [6.07, 6.45) is 10.8. The van der Waals surface area contributed by atoms with Crippen LogP contribution in [0.4, 0.5) is 4.39 Å². The van der Waals surface area contributed by atoms with Crippen molar-refractivity contribution in [2.24, 2.45) is 0 Å². The van der Waals surface area contributed by atoms with Crippen LogP contribution in [0, 0.1) is 5.95 Å². The van der Waals surface area contributed by atoms with Crippen LogP contribution in [0.2, 0.25) is 0 Å². The maximum Gasteiger partial charge on any atom is 0.196 e. The molecule has 0 bridgehead atoms. The van der Waals surface area contributed by atoms with Crippen molar-refractivity contribution in [1.29, 1.82) is 0 Å². The molecule has 1 atom stereocenters. The van der Waals surface area contributed by atoms with Crippen LogP contribution in [-0.2, 0) is 5.41 Å². The third-order valence-electron chi connectivity index (χ3n) is 4.52. The fourth-order valence-electron chi connectivity index (χ4n) is 3.11. The van der Waals surface area contributed by atoms with Crippen molar-refractivity contribution in [1.82, 2.24) is 4.98 Å². The Labute approximate surface area is 129 Å². The first-order valence-electron chi connectivity index (χ1n) is 8.50. The fraction of sp³-hybridized carbons (Fsp3) is 0.778. The summed E-state index contributed by atoms with van der Waals surface area (Å²) in [6.45, 7) is 6.71. The summed E-state index contributed by atoms with van der Waals surface area (Å²) in [5.74, 6) is 0.305. The molecule has 0 saturated carbocycles. The molecule has 1 rings (SSSR count). The van der Waals surface area contributed by atoms with E-state index >= 15 is 0 Å². The molecule has 1 unspecified atom stereocenters. The summed E-state index contributed by atoms with van der Waals surface area (Å²) >= 11 is 0. The van der Waals surface area contributed by atoms with E-state index in [1.165, 1.54) is 44.9 Å². The molecular weight excluding hydrogens is 265 g/mol. The summed E-state index contributed by atoms with van der Waals surface area (Å²) in [6, 6.07) is 1.63. The molecule has 2 nitrogen and oxygen atoms in total. The van der Waals surface area contributed by atoms with Crippen LogP contribution in [-0.4, -0.2) is 12.1 Å². The van der Waals surface area contributed by atoms with Crippen LogP contribution >= 0.6 is 0 Å². The molecule has 0 saturated heterocycles. The number of aromatic nitrogens is 1. The number of unbranched alkanes of at least 4 members (excludes halogenated alkanes) is 5.